The van der Waals surface area contributed by atoms with Crippen molar-refractivity contribution >= 4 is 9.84 Å². The molecule has 88 valence electrons. The average molecular weight is 241 g/mol. The highest BCUT2D eigenvalue weighted by Gasteiger charge is 2.37. The molecule has 0 saturated carbocycles. The normalized spacial score (nSPS) is 32.5. The first-order valence-corrected chi connectivity index (χ1v) is 7.44. The van der Waals surface area contributed by atoms with Crippen molar-refractivity contribution in [2.75, 3.05) is 18.1 Å². The van der Waals surface area contributed by atoms with E-state index in [1.165, 1.54) is 0 Å². The Morgan fingerprint density at radius 1 is 1.44 bits per heavy atom. The number of sulfone groups is 1. The van der Waals surface area contributed by atoms with Gasteiger partial charge in [-0.25, -0.2) is 13.4 Å². The maximum absolute atomic E-state index is 11.5. The van der Waals surface area contributed by atoms with E-state index in [2.05, 4.69) is 15.3 Å². The number of hydrogen-bond donors (Lipinski definition) is 2. The molecule has 16 heavy (non-hydrogen) atoms. The third-order valence-electron chi connectivity index (χ3n) is 3.52. The first-order chi connectivity index (χ1) is 7.66. The molecular weight excluding hydrogens is 226 g/mol. The van der Waals surface area contributed by atoms with Crippen molar-refractivity contribution < 1.29 is 8.42 Å². The second-order valence-corrected chi connectivity index (χ2v) is 6.84. The number of fused-ring (bicyclic) bond motifs is 1. The molecule has 2 unspecified atom stereocenters. The number of hydrogen-bond acceptors (Lipinski definition) is 4. The van der Waals surface area contributed by atoms with Crippen LogP contribution in [0.5, 0.6) is 0 Å². The molecule has 0 aromatic carbocycles. The Hall–Kier alpha value is -0.880. The fourth-order valence-electron chi connectivity index (χ4n) is 2.73. The van der Waals surface area contributed by atoms with E-state index in [1.54, 1.807) is 6.33 Å². The fraction of sp³-hybridized carbons (Fsp3) is 0.700. The zero-order chi connectivity index (χ0) is 11.2. The van der Waals surface area contributed by atoms with Crippen LogP contribution in [-0.4, -0.2) is 36.4 Å². The van der Waals surface area contributed by atoms with Gasteiger partial charge in [-0.2, -0.15) is 0 Å². The topological polar surface area (TPSA) is 74.8 Å². The highest BCUT2D eigenvalue weighted by atomic mass is 32.2. The maximum Gasteiger partial charge on any atom is 0.150 e. The second-order valence-electron chi connectivity index (χ2n) is 4.61. The lowest BCUT2D eigenvalue weighted by molar-refractivity contribution is 0.369. The summed E-state index contributed by atoms with van der Waals surface area (Å²) in [4.78, 5) is 7.45. The summed E-state index contributed by atoms with van der Waals surface area (Å²) in [5.74, 6) is 0.819. The second kappa shape index (κ2) is 3.56. The predicted octanol–water partition coefficient (Wildman–Crippen LogP) is 0.0312. The third-order valence-corrected chi connectivity index (χ3v) is 5.32. The van der Waals surface area contributed by atoms with Gasteiger partial charge >= 0.3 is 0 Å². The fourth-order valence-corrected chi connectivity index (χ4v) is 4.57. The van der Waals surface area contributed by atoms with E-state index in [0.717, 1.165) is 30.8 Å². The van der Waals surface area contributed by atoms with E-state index >= 15 is 0 Å². The number of rotatable bonds is 1. The van der Waals surface area contributed by atoms with Crippen LogP contribution < -0.4 is 5.32 Å². The number of H-pyrrole nitrogens is 1. The summed E-state index contributed by atoms with van der Waals surface area (Å²) in [7, 11) is -2.81. The van der Waals surface area contributed by atoms with Crippen LogP contribution in [0.1, 0.15) is 23.9 Å². The summed E-state index contributed by atoms with van der Waals surface area (Å²) in [6.45, 7) is 0.899. The van der Waals surface area contributed by atoms with Crippen LogP contribution in [0, 0.1) is 5.92 Å². The molecule has 0 bridgehead atoms. The minimum Gasteiger partial charge on any atom is -0.348 e. The molecule has 2 atom stereocenters. The summed E-state index contributed by atoms with van der Waals surface area (Å²) in [5, 5.41) is 3.39. The van der Waals surface area contributed by atoms with Crippen molar-refractivity contribution in [1.82, 2.24) is 15.3 Å². The molecule has 1 aromatic rings. The van der Waals surface area contributed by atoms with Gasteiger partial charge in [0.15, 0.2) is 9.84 Å². The van der Waals surface area contributed by atoms with E-state index in [4.69, 9.17) is 0 Å². The van der Waals surface area contributed by atoms with Crippen molar-refractivity contribution in [3.63, 3.8) is 0 Å². The van der Waals surface area contributed by atoms with Gasteiger partial charge in [0, 0.05) is 18.7 Å². The minimum absolute atomic E-state index is 0.118. The summed E-state index contributed by atoms with van der Waals surface area (Å²) in [6.07, 6.45) is 3.41. The monoisotopic (exact) mass is 241 g/mol. The molecule has 6 heteroatoms. The first-order valence-electron chi connectivity index (χ1n) is 5.62. The Balaban J connectivity index is 1.88. The average Bonchev–Trinajstić information content (AvgIpc) is 2.83. The van der Waals surface area contributed by atoms with Gasteiger partial charge in [-0.1, -0.05) is 0 Å². The lowest BCUT2D eigenvalue weighted by Crippen LogP contribution is -2.35. The zero-order valence-corrected chi connectivity index (χ0v) is 9.76. The van der Waals surface area contributed by atoms with Gasteiger partial charge in [0.25, 0.3) is 0 Å². The van der Waals surface area contributed by atoms with Crippen LogP contribution in [0.3, 0.4) is 0 Å². The van der Waals surface area contributed by atoms with Crippen molar-refractivity contribution in [2.24, 2.45) is 5.92 Å². The lowest BCUT2D eigenvalue weighted by atomic mass is 9.92. The van der Waals surface area contributed by atoms with Crippen LogP contribution in [0.2, 0.25) is 0 Å². The van der Waals surface area contributed by atoms with E-state index in [9.17, 15) is 8.42 Å². The van der Waals surface area contributed by atoms with Gasteiger partial charge in [-0.3, -0.25) is 0 Å². The molecule has 3 heterocycles. The van der Waals surface area contributed by atoms with Crippen molar-refractivity contribution in [2.45, 2.75) is 18.9 Å². The molecule has 0 spiro atoms. The van der Waals surface area contributed by atoms with Crippen LogP contribution in [0.4, 0.5) is 0 Å². The highest BCUT2D eigenvalue weighted by Crippen LogP contribution is 2.33. The van der Waals surface area contributed by atoms with Crippen molar-refractivity contribution in [1.29, 1.82) is 0 Å². The van der Waals surface area contributed by atoms with Crippen molar-refractivity contribution in [3.8, 4) is 0 Å². The molecule has 1 aromatic heterocycles. The van der Waals surface area contributed by atoms with Gasteiger partial charge in [-0.15, -0.1) is 0 Å². The van der Waals surface area contributed by atoms with E-state index in [0.29, 0.717) is 11.5 Å². The number of aromatic nitrogens is 2. The smallest absolute Gasteiger partial charge is 0.150 e. The third kappa shape index (κ3) is 1.66. The molecule has 0 amide bonds. The number of imidazole rings is 1. The van der Waals surface area contributed by atoms with Gasteiger partial charge in [0.05, 0.1) is 29.6 Å². The van der Waals surface area contributed by atoms with E-state index in [1.807, 2.05) is 0 Å². The number of nitrogens with zero attached hydrogens (tertiary/aromatic N) is 1. The summed E-state index contributed by atoms with van der Waals surface area (Å²) in [6, 6.07) is 0.118. The van der Waals surface area contributed by atoms with E-state index < -0.39 is 9.84 Å². The van der Waals surface area contributed by atoms with Gasteiger partial charge in [0.1, 0.15) is 0 Å². The Morgan fingerprint density at radius 2 is 2.31 bits per heavy atom. The lowest BCUT2D eigenvalue weighted by Gasteiger charge is -2.27. The quantitative estimate of drug-likeness (QED) is 0.727. The Bertz CT molecular complexity index is 494. The zero-order valence-electron chi connectivity index (χ0n) is 8.94. The van der Waals surface area contributed by atoms with Gasteiger partial charge in [-0.05, 0) is 12.3 Å². The Labute approximate surface area is 94.6 Å². The summed E-state index contributed by atoms with van der Waals surface area (Å²) < 4.78 is 23.0. The summed E-state index contributed by atoms with van der Waals surface area (Å²) in [5.41, 5.74) is 2.18. The molecule has 0 aliphatic carbocycles. The van der Waals surface area contributed by atoms with Crippen LogP contribution in [0.15, 0.2) is 6.33 Å². The predicted molar refractivity (Wildman–Crippen MR) is 59.8 cm³/mol. The van der Waals surface area contributed by atoms with Crippen LogP contribution >= 0.6 is 0 Å². The molecule has 5 nitrogen and oxygen atoms in total. The minimum atomic E-state index is -2.81. The molecule has 1 saturated heterocycles. The maximum atomic E-state index is 11.5. The highest BCUT2D eigenvalue weighted by molar-refractivity contribution is 7.91. The molecule has 2 aliphatic rings. The standard InChI is InChI=1S/C10H15N3O2S/c14-16(15)4-2-7(5-16)9-10-8(1-3-11-9)12-6-13-10/h6-7,9,11H,1-5H2,(H,12,13). The number of nitrogens with one attached hydrogen (secondary N) is 2. The molecule has 2 N–H and O–H groups in total. The molecule has 2 aliphatic heterocycles. The largest absolute Gasteiger partial charge is 0.348 e. The molecule has 0 radical (unpaired) electrons. The molecule has 3 rings (SSSR count). The number of aromatic amines is 1. The van der Waals surface area contributed by atoms with E-state index in [-0.39, 0.29) is 12.0 Å². The molecule has 1 fully saturated rings. The van der Waals surface area contributed by atoms with Crippen LogP contribution in [0.25, 0.3) is 0 Å². The molecular formula is C10H15N3O2S. The Kier molecular flexibility index (Phi) is 2.29. The SMILES string of the molecule is O=S1(=O)CCC(C2NCCc3[nH]cnc32)C1. The van der Waals surface area contributed by atoms with Crippen molar-refractivity contribution in [3.05, 3.63) is 17.7 Å². The first kappa shape index (κ1) is 10.3. The van der Waals surface area contributed by atoms with Gasteiger partial charge < -0.3 is 10.3 Å². The van der Waals surface area contributed by atoms with Crippen LogP contribution in [-0.2, 0) is 16.3 Å². The Morgan fingerprint density at radius 3 is 3.06 bits per heavy atom. The van der Waals surface area contributed by atoms with Gasteiger partial charge in [0.2, 0.25) is 0 Å². The summed E-state index contributed by atoms with van der Waals surface area (Å²) >= 11 is 0.